The van der Waals surface area contributed by atoms with E-state index in [2.05, 4.69) is 0 Å². The van der Waals surface area contributed by atoms with Gasteiger partial charge in [-0.2, -0.15) is 0 Å². The zero-order valence-corrected chi connectivity index (χ0v) is 11.3. The Morgan fingerprint density at radius 2 is 1.94 bits per heavy atom. The van der Waals surface area contributed by atoms with E-state index in [1.165, 1.54) is 11.8 Å². The number of carbonyl (C=O) groups is 1. The number of para-hydroxylation sites is 1. The van der Waals surface area contributed by atoms with Gasteiger partial charge in [0.25, 0.3) is 0 Å². The van der Waals surface area contributed by atoms with Crippen LogP contribution in [0.5, 0.6) is 0 Å². The smallest absolute Gasteiger partial charge is 0.238 e. The fourth-order valence-corrected chi connectivity index (χ4v) is 6.46. The molecule has 0 aromatic heterocycles. The lowest BCUT2D eigenvalue weighted by molar-refractivity contribution is -0.116. The quantitative estimate of drug-likeness (QED) is 0.779. The minimum absolute atomic E-state index is 0.00306. The summed E-state index contributed by atoms with van der Waals surface area (Å²) >= 11 is 1.46. The summed E-state index contributed by atoms with van der Waals surface area (Å²) in [4.78, 5) is 13.2. The van der Waals surface area contributed by atoms with Gasteiger partial charge in [-0.25, -0.2) is 8.42 Å². The molecule has 0 aliphatic carbocycles. The molecule has 2 heterocycles. The van der Waals surface area contributed by atoms with Crippen LogP contribution >= 0.6 is 11.8 Å². The second kappa shape index (κ2) is 3.99. The fraction of sp³-hybridized carbons (Fsp3) is 0.417. The Balaban J connectivity index is 2.04. The average Bonchev–Trinajstić information content (AvgIpc) is 2.81. The molecule has 1 spiro atoms. The minimum Gasteiger partial charge on any atom is -0.295 e. The molecule has 1 atom stereocenters. The third-order valence-corrected chi connectivity index (χ3v) is 6.77. The molecule has 0 saturated carbocycles. The van der Waals surface area contributed by atoms with Crippen LogP contribution < -0.4 is 4.90 Å². The number of anilines is 1. The van der Waals surface area contributed by atoms with Gasteiger partial charge in [0, 0.05) is 5.69 Å². The number of hydrogen-bond acceptors (Lipinski definition) is 4. The molecule has 1 aromatic rings. The first kappa shape index (κ1) is 12.0. The van der Waals surface area contributed by atoms with Crippen LogP contribution in [-0.2, 0) is 14.6 Å². The summed E-state index contributed by atoms with van der Waals surface area (Å²) in [5.41, 5.74) is 0.796. The van der Waals surface area contributed by atoms with E-state index in [1.807, 2.05) is 30.3 Å². The summed E-state index contributed by atoms with van der Waals surface area (Å²) in [5.74, 6) is 0.620. The number of hydrogen-bond donors (Lipinski definition) is 0. The second-order valence-electron chi connectivity index (χ2n) is 4.64. The van der Waals surface area contributed by atoms with Crippen LogP contribution in [0.15, 0.2) is 30.3 Å². The molecule has 2 aliphatic heterocycles. The zero-order chi connectivity index (χ0) is 12.8. The summed E-state index contributed by atoms with van der Waals surface area (Å²) in [5, 5.41) is 0. The van der Waals surface area contributed by atoms with Gasteiger partial charge in [0.1, 0.15) is 4.87 Å². The van der Waals surface area contributed by atoms with Crippen molar-refractivity contribution in [2.45, 2.75) is 11.3 Å². The van der Waals surface area contributed by atoms with E-state index < -0.39 is 14.7 Å². The van der Waals surface area contributed by atoms with Crippen molar-refractivity contribution in [3.8, 4) is 0 Å². The minimum atomic E-state index is -3.02. The predicted molar refractivity (Wildman–Crippen MR) is 72.4 cm³/mol. The van der Waals surface area contributed by atoms with E-state index in [4.69, 9.17) is 0 Å². The molecule has 0 unspecified atom stereocenters. The molecular weight excluding hydrogens is 270 g/mol. The van der Waals surface area contributed by atoms with Crippen LogP contribution in [0.25, 0.3) is 0 Å². The summed E-state index contributed by atoms with van der Waals surface area (Å²) < 4.78 is 23.4. The van der Waals surface area contributed by atoms with Gasteiger partial charge in [-0.1, -0.05) is 18.2 Å². The van der Waals surface area contributed by atoms with Crippen molar-refractivity contribution in [1.82, 2.24) is 0 Å². The van der Waals surface area contributed by atoms with E-state index in [1.54, 1.807) is 4.90 Å². The summed E-state index contributed by atoms with van der Waals surface area (Å²) in [6.45, 7) is 0. The Bertz CT molecular complexity index is 585. The van der Waals surface area contributed by atoms with Gasteiger partial charge >= 0.3 is 0 Å². The van der Waals surface area contributed by atoms with Crippen LogP contribution in [0.4, 0.5) is 5.69 Å². The monoisotopic (exact) mass is 283 g/mol. The van der Waals surface area contributed by atoms with E-state index in [9.17, 15) is 13.2 Å². The molecule has 0 bridgehead atoms. The Kier molecular flexibility index (Phi) is 2.67. The Morgan fingerprint density at radius 3 is 2.56 bits per heavy atom. The molecule has 1 aromatic carbocycles. The molecule has 2 fully saturated rings. The Hall–Kier alpha value is -1.01. The van der Waals surface area contributed by atoms with Crippen molar-refractivity contribution in [1.29, 1.82) is 0 Å². The first-order chi connectivity index (χ1) is 8.53. The van der Waals surface area contributed by atoms with Crippen molar-refractivity contribution < 1.29 is 13.2 Å². The molecule has 18 heavy (non-hydrogen) atoms. The zero-order valence-electron chi connectivity index (χ0n) is 9.70. The van der Waals surface area contributed by atoms with Crippen LogP contribution in [0.2, 0.25) is 0 Å². The van der Waals surface area contributed by atoms with Gasteiger partial charge in [-0.3, -0.25) is 9.69 Å². The van der Waals surface area contributed by atoms with Gasteiger partial charge in [-0.05, 0) is 18.6 Å². The number of benzene rings is 1. The number of rotatable bonds is 1. The number of carbonyl (C=O) groups excluding carboxylic acids is 1. The highest BCUT2D eigenvalue weighted by atomic mass is 32.2. The molecule has 2 saturated heterocycles. The van der Waals surface area contributed by atoms with E-state index >= 15 is 0 Å². The summed E-state index contributed by atoms with van der Waals surface area (Å²) in [7, 11) is -3.02. The SMILES string of the molecule is O=C1CS[C@@]2(CCS(=O)(=O)C2)N1c1ccccc1. The van der Waals surface area contributed by atoms with Crippen molar-refractivity contribution >= 4 is 33.2 Å². The highest BCUT2D eigenvalue weighted by Gasteiger charge is 2.53. The van der Waals surface area contributed by atoms with Crippen molar-refractivity contribution in [3.63, 3.8) is 0 Å². The number of amides is 1. The van der Waals surface area contributed by atoms with Crippen molar-refractivity contribution in [2.75, 3.05) is 22.2 Å². The summed E-state index contributed by atoms with van der Waals surface area (Å²) in [6, 6.07) is 9.33. The lowest BCUT2D eigenvalue weighted by atomic mass is 10.1. The van der Waals surface area contributed by atoms with E-state index in [-0.39, 0.29) is 17.4 Å². The third-order valence-electron chi connectivity index (χ3n) is 3.38. The lowest BCUT2D eigenvalue weighted by Crippen LogP contribution is -2.45. The molecule has 0 radical (unpaired) electrons. The van der Waals surface area contributed by atoms with Gasteiger partial charge < -0.3 is 0 Å². The maximum Gasteiger partial charge on any atom is 0.238 e. The van der Waals surface area contributed by atoms with Crippen LogP contribution in [0.3, 0.4) is 0 Å². The maximum atomic E-state index is 12.1. The number of nitrogens with zero attached hydrogens (tertiary/aromatic N) is 1. The highest BCUT2D eigenvalue weighted by molar-refractivity contribution is 8.03. The maximum absolute atomic E-state index is 12.1. The van der Waals surface area contributed by atoms with E-state index in [0.29, 0.717) is 12.2 Å². The van der Waals surface area contributed by atoms with Crippen molar-refractivity contribution in [2.24, 2.45) is 0 Å². The highest BCUT2D eigenvalue weighted by Crippen LogP contribution is 2.46. The van der Waals surface area contributed by atoms with Gasteiger partial charge in [0.2, 0.25) is 5.91 Å². The van der Waals surface area contributed by atoms with Gasteiger partial charge in [0.05, 0.1) is 17.3 Å². The number of sulfone groups is 1. The predicted octanol–water partition coefficient (Wildman–Crippen LogP) is 1.28. The standard InChI is InChI=1S/C12H13NO3S2/c14-11-8-17-12(6-7-18(15,16)9-12)13(11)10-4-2-1-3-5-10/h1-5H,6-9H2/t12-/m1/s1. The lowest BCUT2D eigenvalue weighted by Gasteiger charge is -2.32. The molecule has 1 amide bonds. The normalized spacial score (nSPS) is 30.2. The Labute approximate surface area is 110 Å². The van der Waals surface area contributed by atoms with Crippen LogP contribution in [-0.4, -0.2) is 36.5 Å². The van der Waals surface area contributed by atoms with E-state index in [0.717, 1.165) is 5.69 Å². The molecule has 3 rings (SSSR count). The van der Waals surface area contributed by atoms with Crippen LogP contribution in [0.1, 0.15) is 6.42 Å². The average molecular weight is 283 g/mol. The summed E-state index contributed by atoms with van der Waals surface area (Å²) in [6.07, 6.45) is 0.528. The van der Waals surface area contributed by atoms with Crippen LogP contribution in [0, 0.1) is 0 Å². The third kappa shape index (κ3) is 1.83. The molecular formula is C12H13NO3S2. The molecule has 96 valence electrons. The number of thioether (sulfide) groups is 1. The Morgan fingerprint density at radius 1 is 1.22 bits per heavy atom. The molecule has 6 heteroatoms. The molecule has 2 aliphatic rings. The van der Waals surface area contributed by atoms with Gasteiger partial charge in [0.15, 0.2) is 9.84 Å². The second-order valence-corrected chi connectivity index (χ2v) is 8.16. The molecule has 0 N–H and O–H groups in total. The van der Waals surface area contributed by atoms with Crippen molar-refractivity contribution in [3.05, 3.63) is 30.3 Å². The largest absolute Gasteiger partial charge is 0.295 e. The fourth-order valence-electron chi connectivity index (χ4n) is 2.60. The topological polar surface area (TPSA) is 54.5 Å². The molecule has 4 nitrogen and oxygen atoms in total. The first-order valence-electron chi connectivity index (χ1n) is 5.75. The first-order valence-corrected chi connectivity index (χ1v) is 8.56. The van der Waals surface area contributed by atoms with Gasteiger partial charge in [-0.15, -0.1) is 11.8 Å².